The second kappa shape index (κ2) is 7.44. The van der Waals surface area contributed by atoms with Crippen LogP contribution in [0.5, 0.6) is 0 Å². The molecule has 1 aromatic heterocycles. The molecule has 2 N–H and O–H groups in total. The molecular weight excluding hydrogens is 334 g/mol. The molecule has 1 aromatic carbocycles. The van der Waals surface area contributed by atoms with E-state index in [9.17, 15) is 14.7 Å². The number of halogens is 1. The van der Waals surface area contributed by atoms with Crippen molar-refractivity contribution in [1.82, 2.24) is 15.5 Å². The number of carbonyl (C=O) groups excluding carboxylic acids is 1. The first-order valence-electron chi connectivity index (χ1n) is 7.47. The van der Waals surface area contributed by atoms with Crippen LogP contribution in [0.1, 0.15) is 37.0 Å². The highest BCUT2D eigenvalue weighted by molar-refractivity contribution is 6.30. The van der Waals surface area contributed by atoms with Gasteiger partial charge in [0.1, 0.15) is 0 Å². The molecule has 0 aliphatic rings. The zero-order chi connectivity index (χ0) is 17.7. The summed E-state index contributed by atoms with van der Waals surface area (Å²) >= 11 is 5.85. The van der Waals surface area contributed by atoms with Gasteiger partial charge in [-0.3, -0.25) is 4.79 Å². The number of aliphatic carboxylic acids is 1. The normalized spacial score (nSPS) is 13.3. The first-order chi connectivity index (χ1) is 11.4. The van der Waals surface area contributed by atoms with Gasteiger partial charge in [0.25, 0.3) is 0 Å². The summed E-state index contributed by atoms with van der Waals surface area (Å²) in [6.45, 7) is 3.38. The third-order valence-electron chi connectivity index (χ3n) is 3.72. The highest BCUT2D eigenvalue weighted by atomic mass is 35.5. The van der Waals surface area contributed by atoms with Gasteiger partial charge in [-0.05, 0) is 31.0 Å². The van der Waals surface area contributed by atoms with E-state index in [1.165, 1.54) is 0 Å². The molecule has 1 atom stereocenters. The number of amides is 1. The summed E-state index contributed by atoms with van der Waals surface area (Å²) in [5.41, 5.74) is -1.05. The van der Waals surface area contributed by atoms with E-state index < -0.39 is 17.4 Å². The summed E-state index contributed by atoms with van der Waals surface area (Å²) < 4.78 is 4.94. The van der Waals surface area contributed by atoms with Gasteiger partial charge < -0.3 is 14.9 Å². The van der Waals surface area contributed by atoms with Gasteiger partial charge in [0.15, 0.2) is 11.4 Å². The van der Waals surface area contributed by atoms with Gasteiger partial charge in [-0.15, -0.1) is 0 Å². The van der Waals surface area contributed by atoms with Crippen molar-refractivity contribution in [3.05, 3.63) is 46.6 Å². The first kappa shape index (κ1) is 17.9. The molecular formula is C16H18ClN3O4. The van der Waals surface area contributed by atoms with Gasteiger partial charge in [-0.25, -0.2) is 4.79 Å². The molecule has 0 spiro atoms. The third-order valence-corrected chi connectivity index (χ3v) is 3.97. The minimum atomic E-state index is -1.51. The van der Waals surface area contributed by atoms with E-state index in [4.69, 9.17) is 16.1 Å². The molecule has 0 saturated heterocycles. The standard InChI is InChI=1S/C16H18ClN3O4/c1-3-16(15(22)23,11-4-6-12(17)7-5-11)19-13(21)8-9-14-18-10(2)20-24-14/h4-7H,3,8-9H2,1-2H3,(H,19,21)(H,22,23). The van der Waals surface area contributed by atoms with Gasteiger partial charge in [0.2, 0.25) is 11.8 Å². The Bertz CT molecular complexity index is 729. The van der Waals surface area contributed by atoms with E-state index in [1.54, 1.807) is 38.1 Å². The molecule has 7 nitrogen and oxygen atoms in total. The van der Waals surface area contributed by atoms with Crippen molar-refractivity contribution < 1.29 is 19.2 Å². The van der Waals surface area contributed by atoms with Crippen molar-refractivity contribution in [3.63, 3.8) is 0 Å². The maximum atomic E-state index is 12.3. The monoisotopic (exact) mass is 351 g/mol. The Labute approximate surface area is 144 Å². The molecule has 2 aromatic rings. The van der Waals surface area contributed by atoms with E-state index in [1.807, 2.05) is 0 Å². The SMILES string of the molecule is CCC(NC(=O)CCc1nc(C)no1)(C(=O)O)c1ccc(Cl)cc1. The lowest BCUT2D eigenvalue weighted by molar-refractivity contribution is -0.148. The largest absolute Gasteiger partial charge is 0.479 e. The van der Waals surface area contributed by atoms with Gasteiger partial charge in [-0.2, -0.15) is 4.98 Å². The fraction of sp³-hybridized carbons (Fsp3) is 0.375. The molecule has 1 amide bonds. The number of aromatic nitrogens is 2. The minimum Gasteiger partial charge on any atom is -0.479 e. The maximum Gasteiger partial charge on any atom is 0.334 e. The quantitative estimate of drug-likeness (QED) is 0.793. The highest BCUT2D eigenvalue weighted by Crippen LogP contribution is 2.27. The van der Waals surface area contributed by atoms with Crippen LogP contribution in [0.4, 0.5) is 0 Å². The molecule has 8 heteroatoms. The molecule has 0 saturated carbocycles. The second-order valence-electron chi connectivity index (χ2n) is 5.35. The molecule has 2 rings (SSSR count). The summed E-state index contributed by atoms with van der Waals surface area (Å²) in [6.07, 6.45) is 0.479. The lowest BCUT2D eigenvalue weighted by Gasteiger charge is -2.30. The van der Waals surface area contributed by atoms with Crippen LogP contribution in [0.25, 0.3) is 0 Å². The predicted octanol–water partition coefficient (Wildman–Crippen LogP) is 2.47. The second-order valence-corrected chi connectivity index (χ2v) is 5.79. The molecule has 24 heavy (non-hydrogen) atoms. The van der Waals surface area contributed by atoms with Crippen LogP contribution < -0.4 is 5.32 Å². The van der Waals surface area contributed by atoms with Crippen molar-refractivity contribution in [2.75, 3.05) is 0 Å². The molecule has 0 bridgehead atoms. The Kier molecular flexibility index (Phi) is 5.56. The van der Waals surface area contributed by atoms with Gasteiger partial charge in [0, 0.05) is 17.9 Å². The molecule has 0 aliphatic carbocycles. The first-order valence-corrected chi connectivity index (χ1v) is 7.85. The van der Waals surface area contributed by atoms with E-state index in [2.05, 4.69) is 15.5 Å². The Balaban J connectivity index is 2.14. The van der Waals surface area contributed by atoms with Crippen LogP contribution in [0.15, 0.2) is 28.8 Å². The molecule has 1 heterocycles. The summed E-state index contributed by atoms with van der Waals surface area (Å²) in [6, 6.07) is 6.39. The topological polar surface area (TPSA) is 105 Å². The number of carboxylic acids is 1. The number of nitrogens with one attached hydrogen (secondary N) is 1. The number of benzene rings is 1. The number of carbonyl (C=O) groups is 2. The molecule has 0 radical (unpaired) electrons. The van der Waals surface area contributed by atoms with E-state index >= 15 is 0 Å². The number of hydrogen-bond acceptors (Lipinski definition) is 5. The van der Waals surface area contributed by atoms with Crippen molar-refractivity contribution in [1.29, 1.82) is 0 Å². The van der Waals surface area contributed by atoms with Crippen LogP contribution in [-0.4, -0.2) is 27.1 Å². The zero-order valence-electron chi connectivity index (χ0n) is 13.4. The highest BCUT2D eigenvalue weighted by Gasteiger charge is 2.40. The number of aryl methyl sites for hydroxylation is 2. The van der Waals surface area contributed by atoms with Gasteiger partial charge >= 0.3 is 5.97 Å². The summed E-state index contributed by atoms with van der Waals surface area (Å²) in [4.78, 5) is 28.1. The van der Waals surface area contributed by atoms with Gasteiger partial charge in [0.05, 0.1) is 0 Å². The average Bonchev–Trinajstić information content (AvgIpc) is 2.97. The van der Waals surface area contributed by atoms with E-state index in [-0.39, 0.29) is 19.3 Å². The summed E-state index contributed by atoms with van der Waals surface area (Å²) in [5, 5.41) is 16.5. The van der Waals surface area contributed by atoms with Crippen molar-refractivity contribution in [2.45, 2.75) is 38.6 Å². The van der Waals surface area contributed by atoms with Crippen LogP contribution in [0.2, 0.25) is 5.02 Å². The van der Waals surface area contributed by atoms with Crippen molar-refractivity contribution >= 4 is 23.5 Å². The minimum absolute atomic E-state index is 0.0459. The number of hydrogen-bond donors (Lipinski definition) is 2. The average molecular weight is 352 g/mol. The van der Waals surface area contributed by atoms with Gasteiger partial charge in [-0.1, -0.05) is 35.8 Å². The number of carboxylic acid groups (broad SMARTS) is 1. The van der Waals surface area contributed by atoms with Crippen LogP contribution in [0, 0.1) is 6.92 Å². The van der Waals surface area contributed by atoms with Crippen LogP contribution in [0.3, 0.4) is 0 Å². The summed E-state index contributed by atoms with van der Waals surface area (Å²) in [7, 11) is 0. The summed E-state index contributed by atoms with van der Waals surface area (Å²) in [5.74, 6) is -0.717. The Morgan fingerprint density at radius 2 is 2.00 bits per heavy atom. The molecule has 128 valence electrons. The number of nitrogens with zero attached hydrogens (tertiary/aromatic N) is 2. The lowest BCUT2D eigenvalue weighted by Crippen LogP contribution is -2.51. The van der Waals surface area contributed by atoms with Crippen molar-refractivity contribution in [3.8, 4) is 0 Å². The fourth-order valence-corrected chi connectivity index (χ4v) is 2.52. The van der Waals surface area contributed by atoms with E-state index in [0.717, 1.165) is 0 Å². The maximum absolute atomic E-state index is 12.3. The van der Waals surface area contributed by atoms with Crippen LogP contribution >= 0.6 is 11.6 Å². The smallest absolute Gasteiger partial charge is 0.334 e. The molecule has 1 unspecified atom stereocenters. The third kappa shape index (κ3) is 3.91. The Morgan fingerprint density at radius 1 is 1.33 bits per heavy atom. The van der Waals surface area contributed by atoms with Crippen molar-refractivity contribution in [2.24, 2.45) is 0 Å². The molecule has 0 fully saturated rings. The number of rotatable bonds is 7. The predicted molar refractivity (Wildman–Crippen MR) is 86.6 cm³/mol. The lowest BCUT2D eigenvalue weighted by atomic mass is 9.87. The Hall–Kier alpha value is -2.41. The fourth-order valence-electron chi connectivity index (χ4n) is 2.39. The Morgan fingerprint density at radius 3 is 2.50 bits per heavy atom. The zero-order valence-corrected chi connectivity index (χ0v) is 14.1. The van der Waals surface area contributed by atoms with E-state index in [0.29, 0.717) is 22.3 Å². The van der Waals surface area contributed by atoms with Crippen LogP contribution in [-0.2, 0) is 21.5 Å². The molecule has 0 aliphatic heterocycles.